The first-order chi connectivity index (χ1) is 11.1. The molecule has 0 spiro atoms. The van der Waals surface area contributed by atoms with Gasteiger partial charge in [-0.05, 0) is 6.92 Å². The van der Waals surface area contributed by atoms with Crippen LogP contribution in [0.1, 0.15) is 18.8 Å². The number of hydrogen-bond acceptors (Lipinski definition) is 6. The Bertz CT molecular complexity index is 722. The van der Waals surface area contributed by atoms with Gasteiger partial charge < -0.3 is 14.5 Å². The maximum Gasteiger partial charge on any atom is 0.237 e. The van der Waals surface area contributed by atoms with Gasteiger partial charge in [0.05, 0.1) is 38.4 Å². The Morgan fingerprint density at radius 3 is 2.48 bits per heavy atom. The van der Waals surface area contributed by atoms with Crippen LogP contribution in [0.4, 0.5) is 14.5 Å². The monoisotopic (exact) mass is 319 g/mol. The van der Waals surface area contributed by atoms with Crippen molar-refractivity contribution in [3.05, 3.63) is 54.5 Å². The van der Waals surface area contributed by atoms with Crippen LogP contribution in [-0.2, 0) is 0 Å². The first-order valence-electron chi connectivity index (χ1n) is 6.96. The third-order valence-electron chi connectivity index (χ3n) is 3.57. The minimum absolute atomic E-state index is 0.163. The van der Waals surface area contributed by atoms with E-state index in [0.29, 0.717) is 24.1 Å². The number of aromatic nitrogens is 3. The van der Waals surface area contributed by atoms with Gasteiger partial charge in [0.2, 0.25) is 5.88 Å². The molecule has 3 heterocycles. The van der Waals surface area contributed by atoms with Crippen molar-refractivity contribution in [2.45, 2.75) is 13.0 Å². The Morgan fingerprint density at radius 2 is 1.78 bits per heavy atom. The molecule has 0 aromatic carbocycles. The third kappa shape index (κ3) is 3.05. The second kappa shape index (κ2) is 6.15. The van der Waals surface area contributed by atoms with Gasteiger partial charge in [0, 0.05) is 18.5 Å². The molecule has 0 saturated heterocycles. The third-order valence-corrected chi connectivity index (χ3v) is 3.57. The predicted molar refractivity (Wildman–Crippen MR) is 79.5 cm³/mol. The van der Waals surface area contributed by atoms with Crippen molar-refractivity contribution < 1.29 is 13.5 Å². The SMILES string of the molecule is COc1ncc(F)cc1N1C=CN([C@@H](C)c2ncc(F)cn2)C1. The molecule has 2 aromatic heterocycles. The molecule has 1 aliphatic heterocycles. The summed E-state index contributed by atoms with van der Waals surface area (Å²) in [6.07, 6.45) is 7.00. The van der Waals surface area contributed by atoms with E-state index in [4.69, 9.17) is 4.74 Å². The Kier molecular flexibility index (Phi) is 4.05. The number of pyridine rings is 1. The maximum absolute atomic E-state index is 13.5. The van der Waals surface area contributed by atoms with Gasteiger partial charge in [-0.15, -0.1) is 0 Å². The molecule has 0 unspecified atom stereocenters. The largest absolute Gasteiger partial charge is 0.480 e. The van der Waals surface area contributed by atoms with Gasteiger partial charge in [-0.1, -0.05) is 0 Å². The van der Waals surface area contributed by atoms with Crippen LogP contribution in [0.5, 0.6) is 5.88 Å². The first kappa shape index (κ1) is 15.1. The van der Waals surface area contributed by atoms with Gasteiger partial charge in [0.15, 0.2) is 11.6 Å². The Labute approximate surface area is 132 Å². The molecule has 0 saturated carbocycles. The van der Waals surface area contributed by atoms with E-state index >= 15 is 0 Å². The zero-order valence-electron chi connectivity index (χ0n) is 12.6. The number of ether oxygens (including phenoxy) is 1. The molecule has 2 aromatic rings. The second-order valence-corrected chi connectivity index (χ2v) is 5.04. The van der Waals surface area contributed by atoms with Gasteiger partial charge in [-0.3, -0.25) is 0 Å². The lowest BCUT2D eigenvalue weighted by molar-refractivity contribution is 0.308. The fourth-order valence-electron chi connectivity index (χ4n) is 2.31. The minimum atomic E-state index is -0.477. The van der Waals surface area contributed by atoms with Crippen LogP contribution in [-0.4, -0.2) is 33.6 Å². The second-order valence-electron chi connectivity index (χ2n) is 5.04. The molecular weight excluding hydrogens is 304 g/mol. The van der Waals surface area contributed by atoms with Gasteiger partial charge >= 0.3 is 0 Å². The molecule has 8 heteroatoms. The zero-order valence-corrected chi connectivity index (χ0v) is 12.6. The fourth-order valence-corrected chi connectivity index (χ4v) is 2.31. The quantitative estimate of drug-likeness (QED) is 0.863. The number of rotatable bonds is 4. The highest BCUT2D eigenvalue weighted by Gasteiger charge is 2.24. The van der Waals surface area contributed by atoms with E-state index in [1.54, 1.807) is 11.1 Å². The van der Waals surface area contributed by atoms with Crippen LogP contribution in [0, 0.1) is 11.6 Å². The molecule has 3 rings (SSSR count). The average molecular weight is 319 g/mol. The van der Waals surface area contributed by atoms with Crippen LogP contribution in [0.15, 0.2) is 37.1 Å². The van der Waals surface area contributed by atoms with Crippen LogP contribution in [0.3, 0.4) is 0 Å². The number of nitrogens with zero attached hydrogens (tertiary/aromatic N) is 5. The molecule has 0 fully saturated rings. The van der Waals surface area contributed by atoms with Crippen molar-refractivity contribution in [1.82, 2.24) is 19.9 Å². The van der Waals surface area contributed by atoms with Gasteiger partial charge in [0.25, 0.3) is 0 Å². The van der Waals surface area contributed by atoms with E-state index in [9.17, 15) is 8.78 Å². The van der Waals surface area contributed by atoms with Gasteiger partial charge in [-0.2, -0.15) is 0 Å². The van der Waals surface area contributed by atoms with Crippen LogP contribution < -0.4 is 9.64 Å². The van der Waals surface area contributed by atoms with Crippen molar-refractivity contribution in [2.24, 2.45) is 0 Å². The molecular formula is C15H15F2N5O. The van der Waals surface area contributed by atoms with E-state index < -0.39 is 11.6 Å². The molecule has 0 amide bonds. The summed E-state index contributed by atoms with van der Waals surface area (Å²) < 4.78 is 31.5. The molecule has 0 bridgehead atoms. The summed E-state index contributed by atoms with van der Waals surface area (Å²) in [7, 11) is 1.48. The highest BCUT2D eigenvalue weighted by atomic mass is 19.1. The number of anilines is 1. The normalized spacial score (nSPS) is 15.1. The smallest absolute Gasteiger partial charge is 0.237 e. The fraction of sp³-hybridized carbons (Fsp3) is 0.267. The topological polar surface area (TPSA) is 54.4 Å². The van der Waals surface area contributed by atoms with E-state index in [1.807, 2.05) is 18.0 Å². The molecule has 1 atom stereocenters. The molecule has 0 aliphatic carbocycles. The van der Waals surface area contributed by atoms with Crippen molar-refractivity contribution in [3.8, 4) is 5.88 Å². The molecule has 1 aliphatic rings. The summed E-state index contributed by atoms with van der Waals surface area (Å²) in [5, 5.41) is 0. The van der Waals surface area contributed by atoms with Crippen LogP contribution in [0.2, 0.25) is 0 Å². The van der Waals surface area contributed by atoms with Gasteiger partial charge in [0.1, 0.15) is 11.5 Å². The molecule has 23 heavy (non-hydrogen) atoms. The summed E-state index contributed by atoms with van der Waals surface area (Å²) in [6.45, 7) is 2.35. The lowest BCUT2D eigenvalue weighted by Crippen LogP contribution is -2.28. The van der Waals surface area contributed by atoms with Crippen molar-refractivity contribution >= 4 is 5.69 Å². The van der Waals surface area contributed by atoms with Crippen LogP contribution in [0.25, 0.3) is 0 Å². The number of methoxy groups -OCH3 is 1. The van der Waals surface area contributed by atoms with Crippen molar-refractivity contribution in [3.63, 3.8) is 0 Å². The summed E-state index contributed by atoms with van der Waals surface area (Å²) in [4.78, 5) is 15.6. The Balaban J connectivity index is 1.77. The highest BCUT2D eigenvalue weighted by Crippen LogP contribution is 2.31. The highest BCUT2D eigenvalue weighted by molar-refractivity contribution is 5.58. The van der Waals surface area contributed by atoms with Crippen LogP contribution >= 0.6 is 0 Å². The standard InChI is InChI=1S/C15H15F2N5O/c1-10(14-18-7-12(17)8-19-14)21-3-4-22(9-21)13-5-11(16)6-20-15(13)23-2/h3-8,10H,9H2,1-2H3/t10-/m0/s1. The lowest BCUT2D eigenvalue weighted by atomic mass is 10.3. The van der Waals surface area contributed by atoms with Gasteiger partial charge in [-0.25, -0.2) is 23.7 Å². The van der Waals surface area contributed by atoms with E-state index in [-0.39, 0.29) is 6.04 Å². The Morgan fingerprint density at radius 1 is 1.09 bits per heavy atom. The van der Waals surface area contributed by atoms with E-state index in [1.165, 1.54) is 13.2 Å². The summed E-state index contributed by atoms with van der Waals surface area (Å²) in [6, 6.07) is 1.20. The van der Waals surface area contributed by atoms with E-state index in [0.717, 1.165) is 18.6 Å². The van der Waals surface area contributed by atoms with Crippen molar-refractivity contribution in [1.29, 1.82) is 0 Å². The molecule has 6 nitrogen and oxygen atoms in total. The molecule has 0 radical (unpaired) electrons. The van der Waals surface area contributed by atoms with Crippen molar-refractivity contribution in [2.75, 3.05) is 18.7 Å². The summed E-state index contributed by atoms with van der Waals surface area (Å²) in [5.41, 5.74) is 0.526. The summed E-state index contributed by atoms with van der Waals surface area (Å²) >= 11 is 0. The van der Waals surface area contributed by atoms with E-state index in [2.05, 4.69) is 15.0 Å². The summed E-state index contributed by atoms with van der Waals surface area (Å²) in [5.74, 6) is -0.0801. The molecule has 0 N–H and O–H groups in total. The maximum atomic E-state index is 13.5. The minimum Gasteiger partial charge on any atom is -0.480 e. The first-order valence-corrected chi connectivity index (χ1v) is 6.96. The number of hydrogen-bond donors (Lipinski definition) is 0. The molecule has 120 valence electrons. The lowest BCUT2D eigenvalue weighted by Gasteiger charge is -2.26. The Hall–Kier alpha value is -2.77. The predicted octanol–water partition coefficient (Wildman–Crippen LogP) is 2.47. The zero-order chi connectivity index (χ0) is 16.4. The average Bonchev–Trinajstić information content (AvgIpc) is 3.04. The number of halogens is 2.